The summed E-state index contributed by atoms with van der Waals surface area (Å²) in [5, 5.41) is 0. The molecule has 1 atom stereocenters. The second-order valence-corrected chi connectivity index (χ2v) is 4.67. The third kappa shape index (κ3) is 5.16. The van der Waals surface area contributed by atoms with Gasteiger partial charge >= 0.3 is 0 Å². The van der Waals surface area contributed by atoms with Gasteiger partial charge in [0.05, 0.1) is 7.11 Å². The molecule has 1 heterocycles. The highest BCUT2D eigenvalue weighted by Crippen LogP contribution is 2.19. The summed E-state index contributed by atoms with van der Waals surface area (Å²) in [5.41, 5.74) is 0.984. The van der Waals surface area contributed by atoms with Gasteiger partial charge in [-0.25, -0.2) is 4.98 Å². The minimum atomic E-state index is 0.650. The molecule has 0 amide bonds. The number of nitrogens with zero attached hydrogens (tertiary/aromatic N) is 2. The molecule has 0 aromatic carbocycles. The van der Waals surface area contributed by atoms with E-state index >= 15 is 0 Å². The molecule has 0 radical (unpaired) electrons. The third-order valence-corrected chi connectivity index (χ3v) is 3.02. The van der Waals surface area contributed by atoms with Gasteiger partial charge in [0, 0.05) is 12.4 Å². The Morgan fingerprint density at radius 1 is 1.18 bits per heavy atom. The summed E-state index contributed by atoms with van der Waals surface area (Å²) < 4.78 is 5.22. The number of rotatable bonds is 8. The molecule has 1 aromatic rings. The number of aromatic nitrogens is 2. The lowest BCUT2D eigenvalue weighted by Crippen LogP contribution is -2.05. The van der Waals surface area contributed by atoms with Crippen molar-refractivity contribution in [3.63, 3.8) is 0 Å². The molecule has 96 valence electrons. The Kier molecular flexibility index (Phi) is 6.60. The minimum absolute atomic E-state index is 0.650. The van der Waals surface area contributed by atoms with Gasteiger partial charge in [-0.3, -0.25) is 4.98 Å². The molecule has 0 saturated carbocycles. The van der Waals surface area contributed by atoms with Crippen molar-refractivity contribution in [2.45, 2.75) is 52.4 Å². The van der Waals surface area contributed by atoms with Crippen molar-refractivity contribution in [2.75, 3.05) is 7.11 Å². The molecule has 3 heteroatoms. The maximum Gasteiger partial charge on any atom is 0.235 e. The molecule has 0 fully saturated rings. The molecule has 0 unspecified atom stereocenters. The van der Waals surface area contributed by atoms with Gasteiger partial charge in [0.25, 0.3) is 0 Å². The van der Waals surface area contributed by atoms with Crippen LogP contribution < -0.4 is 4.74 Å². The maximum absolute atomic E-state index is 5.22. The Bertz CT molecular complexity index is 315. The van der Waals surface area contributed by atoms with Crippen LogP contribution in [-0.4, -0.2) is 17.1 Å². The summed E-state index contributed by atoms with van der Waals surface area (Å²) in [6, 6.07) is 0. The molecule has 17 heavy (non-hydrogen) atoms. The third-order valence-electron chi connectivity index (χ3n) is 3.02. The summed E-state index contributed by atoms with van der Waals surface area (Å²) >= 11 is 0. The largest absolute Gasteiger partial charge is 0.480 e. The van der Waals surface area contributed by atoms with Gasteiger partial charge in [-0.1, -0.05) is 46.0 Å². The first-order chi connectivity index (χ1) is 8.27. The Balaban J connectivity index is 2.36. The molecule has 0 aliphatic heterocycles. The number of hydrogen-bond acceptors (Lipinski definition) is 3. The average Bonchev–Trinajstić information content (AvgIpc) is 2.35. The fraction of sp³-hybridized carbons (Fsp3) is 0.714. The van der Waals surface area contributed by atoms with Gasteiger partial charge in [-0.15, -0.1) is 0 Å². The molecule has 0 saturated heterocycles. The molecular formula is C14H24N2O. The van der Waals surface area contributed by atoms with Gasteiger partial charge in [0.15, 0.2) is 0 Å². The smallest absolute Gasteiger partial charge is 0.235 e. The number of unbranched alkanes of at least 4 members (excludes halogenated alkanes) is 3. The maximum atomic E-state index is 5.22. The zero-order chi connectivity index (χ0) is 12.5. The van der Waals surface area contributed by atoms with E-state index in [1.54, 1.807) is 19.5 Å². The van der Waals surface area contributed by atoms with Crippen LogP contribution in [-0.2, 0) is 6.42 Å². The van der Waals surface area contributed by atoms with Crippen molar-refractivity contribution < 1.29 is 4.74 Å². The summed E-state index contributed by atoms with van der Waals surface area (Å²) in [6.45, 7) is 4.52. The Labute approximate surface area is 105 Å². The average molecular weight is 236 g/mol. The minimum Gasteiger partial charge on any atom is -0.480 e. The Hall–Kier alpha value is -1.12. The highest BCUT2D eigenvalue weighted by Gasteiger charge is 2.10. The van der Waals surface area contributed by atoms with Crippen LogP contribution in [0, 0.1) is 5.92 Å². The Morgan fingerprint density at radius 2 is 1.94 bits per heavy atom. The quantitative estimate of drug-likeness (QED) is 0.646. The van der Waals surface area contributed by atoms with E-state index in [-0.39, 0.29) is 0 Å². The van der Waals surface area contributed by atoms with E-state index in [9.17, 15) is 0 Å². The van der Waals surface area contributed by atoms with Crippen LogP contribution in [0.5, 0.6) is 5.88 Å². The molecule has 1 rings (SSSR count). The molecule has 3 nitrogen and oxygen atoms in total. The van der Waals surface area contributed by atoms with Crippen LogP contribution in [0.4, 0.5) is 0 Å². The normalized spacial score (nSPS) is 12.4. The lowest BCUT2D eigenvalue weighted by molar-refractivity contribution is 0.381. The van der Waals surface area contributed by atoms with E-state index in [0.29, 0.717) is 11.8 Å². The van der Waals surface area contributed by atoms with E-state index < -0.39 is 0 Å². The van der Waals surface area contributed by atoms with E-state index in [1.807, 2.05) is 0 Å². The van der Waals surface area contributed by atoms with E-state index in [4.69, 9.17) is 4.74 Å². The van der Waals surface area contributed by atoms with Crippen molar-refractivity contribution >= 4 is 0 Å². The van der Waals surface area contributed by atoms with Crippen LogP contribution in [0.1, 0.15) is 51.6 Å². The molecule has 0 aliphatic carbocycles. The lowest BCUT2D eigenvalue weighted by Gasteiger charge is -2.12. The highest BCUT2D eigenvalue weighted by atomic mass is 16.5. The van der Waals surface area contributed by atoms with Crippen LogP contribution >= 0.6 is 0 Å². The van der Waals surface area contributed by atoms with E-state index in [1.165, 1.54) is 32.1 Å². The summed E-state index contributed by atoms with van der Waals surface area (Å²) in [4.78, 5) is 8.52. The van der Waals surface area contributed by atoms with Crippen LogP contribution in [0.15, 0.2) is 12.4 Å². The predicted molar refractivity (Wildman–Crippen MR) is 70.2 cm³/mol. The molecule has 0 aliphatic rings. The second kappa shape index (κ2) is 8.04. The van der Waals surface area contributed by atoms with Gasteiger partial charge in [0.2, 0.25) is 5.88 Å². The SMILES string of the molecule is CCCCCC[C@@H](C)Cc1nccnc1OC. The summed E-state index contributed by atoms with van der Waals surface area (Å²) in [7, 11) is 1.65. The van der Waals surface area contributed by atoms with Gasteiger partial charge in [0.1, 0.15) is 5.69 Å². The number of methoxy groups -OCH3 is 1. The standard InChI is InChI=1S/C14H24N2O/c1-4-5-6-7-8-12(2)11-13-14(17-3)16-10-9-15-13/h9-10,12H,4-8,11H2,1-3H3/t12-/m1/s1. The van der Waals surface area contributed by atoms with Gasteiger partial charge < -0.3 is 4.74 Å². The monoisotopic (exact) mass is 236 g/mol. The first kappa shape index (κ1) is 13.9. The zero-order valence-electron chi connectivity index (χ0n) is 11.3. The zero-order valence-corrected chi connectivity index (χ0v) is 11.3. The van der Waals surface area contributed by atoms with Crippen molar-refractivity contribution in [1.29, 1.82) is 0 Å². The topological polar surface area (TPSA) is 35.0 Å². The van der Waals surface area contributed by atoms with Crippen LogP contribution in [0.25, 0.3) is 0 Å². The summed E-state index contributed by atoms with van der Waals surface area (Å²) in [5.74, 6) is 1.32. The number of hydrogen-bond donors (Lipinski definition) is 0. The second-order valence-electron chi connectivity index (χ2n) is 4.67. The van der Waals surface area contributed by atoms with E-state index in [2.05, 4.69) is 23.8 Å². The van der Waals surface area contributed by atoms with Gasteiger partial charge in [-0.05, 0) is 12.3 Å². The fourth-order valence-corrected chi connectivity index (χ4v) is 2.02. The summed E-state index contributed by atoms with van der Waals surface area (Å²) in [6.07, 6.45) is 10.9. The van der Waals surface area contributed by atoms with Crippen molar-refractivity contribution in [2.24, 2.45) is 5.92 Å². The molecule has 1 aromatic heterocycles. The van der Waals surface area contributed by atoms with Crippen molar-refractivity contribution in [1.82, 2.24) is 9.97 Å². The van der Waals surface area contributed by atoms with Crippen molar-refractivity contribution in [3.8, 4) is 5.88 Å². The highest BCUT2D eigenvalue weighted by molar-refractivity contribution is 5.17. The molecule has 0 bridgehead atoms. The van der Waals surface area contributed by atoms with E-state index in [0.717, 1.165) is 12.1 Å². The number of ether oxygens (including phenoxy) is 1. The molecule has 0 N–H and O–H groups in total. The van der Waals surface area contributed by atoms with Crippen molar-refractivity contribution in [3.05, 3.63) is 18.1 Å². The van der Waals surface area contributed by atoms with Gasteiger partial charge in [-0.2, -0.15) is 0 Å². The lowest BCUT2D eigenvalue weighted by atomic mass is 9.98. The first-order valence-electron chi connectivity index (χ1n) is 6.61. The fourth-order valence-electron chi connectivity index (χ4n) is 2.02. The van der Waals surface area contributed by atoms with Crippen LogP contribution in [0.2, 0.25) is 0 Å². The Morgan fingerprint density at radius 3 is 2.65 bits per heavy atom. The predicted octanol–water partition coefficient (Wildman–Crippen LogP) is 3.63. The van der Waals surface area contributed by atoms with Crippen LogP contribution in [0.3, 0.4) is 0 Å². The first-order valence-corrected chi connectivity index (χ1v) is 6.61. The molecule has 0 spiro atoms. The molecular weight excluding hydrogens is 212 g/mol.